The van der Waals surface area contributed by atoms with Crippen molar-refractivity contribution >= 4 is 33.7 Å². The summed E-state index contributed by atoms with van der Waals surface area (Å²) in [4.78, 5) is 11.7. The molecule has 114 valence electrons. The summed E-state index contributed by atoms with van der Waals surface area (Å²) in [6.45, 7) is 0.144. The first-order valence-electron chi connectivity index (χ1n) is 6.63. The Morgan fingerprint density at radius 3 is 2.68 bits per heavy atom. The molecule has 0 aliphatic rings. The molecule has 0 saturated heterocycles. The van der Waals surface area contributed by atoms with Gasteiger partial charge in [-0.25, -0.2) is 5.43 Å². The lowest BCUT2D eigenvalue weighted by Gasteiger charge is -2.05. The van der Waals surface area contributed by atoms with Gasteiger partial charge in [0, 0.05) is 15.7 Å². The van der Waals surface area contributed by atoms with Crippen LogP contribution in [0.1, 0.15) is 5.56 Å². The number of benzene rings is 2. The number of hydrogen-bond donors (Lipinski definition) is 2. The Morgan fingerprint density at radius 1 is 1.23 bits per heavy atom. The molecule has 0 aliphatic carbocycles. The van der Waals surface area contributed by atoms with Gasteiger partial charge in [-0.15, -0.1) is 0 Å². The summed E-state index contributed by atoms with van der Waals surface area (Å²) in [6, 6.07) is 15.0. The van der Waals surface area contributed by atoms with Crippen LogP contribution < -0.4 is 15.5 Å². The maximum atomic E-state index is 11.7. The fraction of sp³-hybridized carbons (Fsp3) is 0.125. The highest BCUT2D eigenvalue weighted by atomic mass is 79.9. The number of amides is 1. The Labute approximate surface area is 137 Å². The molecule has 2 aromatic rings. The van der Waals surface area contributed by atoms with Crippen LogP contribution >= 0.6 is 15.9 Å². The highest BCUT2D eigenvalue weighted by molar-refractivity contribution is 9.10. The minimum atomic E-state index is -0.228. The Kier molecular flexibility index (Phi) is 5.97. The van der Waals surface area contributed by atoms with Crippen LogP contribution in [0.3, 0.4) is 0 Å². The zero-order valence-electron chi connectivity index (χ0n) is 12.0. The first-order chi connectivity index (χ1) is 10.7. The largest absolute Gasteiger partial charge is 0.496 e. The van der Waals surface area contributed by atoms with E-state index >= 15 is 0 Å². The average molecular weight is 362 g/mol. The third kappa shape index (κ3) is 4.89. The predicted octanol–water partition coefficient (Wildman–Crippen LogP) is 3.02. The molecule has 0 atom stereocenters. The van der Waals surface area contributed by atoms with Crippen molar-refractivity contribution in [1.82, 2.24) is 5.43 Å². The van der Waals surface area contributed by atoms with Crippen LogP contribution in [0.2, 0.25) is 0 Å². The standard InChI is InChI=1S/C16H16BrN3O2/c1-22-15-5-3-2-4-12(15)10-19-20-16(21)11-18-14-8-6-13(17)7-9-14/h2-10,18H,11H2,1H3,(H,20,21). The first-order valence-corrected chi connectivity index (χ1v) is 7.42. The highest BCUT2D eigenvalue weighted by Crippen LogP contribution is 2.15. The molecule has 0 radical (unpaired) electrons. The monoisotopic (exact) mass is 361 g/mol. The van der Waals surface area contributed by atoms with Gasteiger partial charge in [0.25, 0.3) is 5.91 Å². The zero-order valence-corrected chi connectivity index (χ0v) is 13.6. The van der Waals surface area contributed by atoms with Crippen LogP contribution in [0, 0.1) is 0 Å². The number of carbonyl (C=O) groups is 1. The normalized spacial score (nSPS) is 10.5. The molecule has 0 unspecified atom stereocenters. The van der Waals surface area contributed by atoms with Gasteiger partial charge in [-0.1, -0.05) is 28.1 Å². The van der Waals surface area contributed by atoms with Crippen molar-refractivity contribution in [2.24, 2.45) is 5.10 Å². The highest BCUT2D eigenvalue weighted by Gasteiger charge is 2.00. The number of rotatable bonds is 6. The van der Waals surface area contributed by atoms with Crippen LogP contribution in [0.4, 0.5) is 5.69 Å². The minimum absolute atomic E-state index is 0.144. The van der Waals surface area contributed by atoms with Gasteiger partial charge in [-0.3, -0.25) is 4.79 Å². The summed E-state index contributed by atoms with van der Waals surface area (Å²) in [5.74, 6) is 0.475. The van der Waals surface area contributed by atoms with Crippen molar-refractivity contribution in [3.63, 3.8) is 0 Å². The molecule has 0 saturated carbocycles. The molecule has 1 amide bonds. The number of hydrazone groups is 1. The second-order valence-corrected chi connectivity index (χ2v) is 5.31. The topological polar surface area (TPSA) is 62.7 Å². The molecule has 0 bridgehead atoms. The average Bonchev–Trinajstić information content (AvgIpc) is 2.55. The summed E-state index contributed by atoms with van der Waals surface area (Å²) in [7, 11) is 1.59. The molecule has 0 spiro atoms. The van der Waals surface area contributed by atoms with Gasteiger partial charge >= 0.3 is 0 Å². The van der Waals surface area contributed by atoms with E-state index in [1.54, 1.807) is 13.3 Å². The molecule has 22 heavy (non-hydrogen) atoms. The fourth-order valence-corrected chi connectivity index (χ4v) is 2.00. The molecule has 2 N–H and O–H groups in total. The molecule has 0 aromatic heterocycles. The number of para-hydroxylation sites is 1. The van der Waals surface area contributed by atoms with Crippen LogP contribution in [-0.2, 0) is 4.79 Å². The van der Waals surface area contributed by atoms with Gasteiger partial charge in [-0.05, 0) is 36.4 Å². The summed E-state index contributed by atoms with van der Waals surface area (Å²) < 4.78 is 6.19. The number of anilines is 1. The SMILES string of the molecule is COc1ccccc1C=NNC(=O)CNc1ccc(Br)cc1. The zero-order chi connectivity index (χ0) is 15.8. The Hall–Kier alpha value is -2.34. The van der Waals surface area contributed by atoms with E-state index in [0.717, 1.165) is 15.7 Å². The predicted molar refractivity (Wildman–Crippen MR) is 91.4 cm³/mol. The second-order valence-electron chi connectivity index (χ2n) is 4.40. The maximum absolute atomic E-state index is 11.7. The molecule has 2 aromatic carbocycles. The number of halogens is 1. The van der Waals surface area contributed by atoms with Gasteiger partial charge in [0.1, 0.15) is 5.75 Å². The van der Waals surface area contributed by atoms with Crippen LogP contribution in [0.25, 0.3) is 0 Å². The quantitative estimate of drug-likeness (QED) is 0.613. The molecule has 0 heterocycles. The molecular formula is C16H16BrN3O2. The van der Waals surface area contributed by atoms with Gasteiger partial charge < -0.3 is 10.1 Å². The number of hydrogen-bond acceptors (Lipinski definition) is 4. The maximum Gasteiger partial charge on any atom is 0.259 e. The van der Waals surface area contributed by atoms with E-state index < -0.39 is 0 Å². The molecule has 5 nitrogen and oxygen atoms in total. The van der Waals surface area contributed by atoms with E-state index in [2.05, 4.69) is 31.8 Å². The van der Waals surface area contributed by atoms with Crippen molar-refractivity contribution in [2.45, 2.75) is 0 Å². The van der Waals surface area contributed by atoms with Gasteiger partial charge in [0.2, 0.25) is 0 Å². The summed E-state index contributed by atoms with van der Waals surface area (Å²) >= 11 is 3.36. The van der Waals surface area contributed by atoms with Gasteiger partial charge in [0.15, 0.2) is 0 Å². The number of nitrogens with zero attached hydrogens (tertiary/aromatic N) is 1. The lowest BCUT2D eigenvalue weighted by molar-refractivity contribution is -0.119. The second kappa shape index (κ2) is 8.19. The van der Waals surface area contributed by atoms with E-state index in [9.17, 15) is 4.79 Å². The smallest absolute Gasteiger partial charge is 0.259 e. The van der Waals surface area contributed by atoms with E-state index in [1.165, 1.54) is 0 Å². The van der Waals surface area contributed by atoms with Crippen molar-refractivity contribution in [3.8, 4) is 5.75 Å². The van der Waals surface area contributed by atoms with Crippen molar-refractivity contribution in [3.05, 3.63) is 58.6 Å². The summed E-state index contributed by atoms with van der Waals surface area (Å²) in [6.07, 6.45) is 1.55. The van der Waals surface area contributed by atoms with E-state index in [4.69, 9.17) is 4.74 Å². The first kappa shape index (κ1) is 16.0. The number of carbonyl (C=O) groups excluding carboxylic acids is 1. The van der Waals surface area contributed by atoms with E-state index in [1.807, 2.05) is 48.5 Å². The summed E-state index contributed by atoms with van der Waals surface area (Å²) in [5.41, 5.74) is 4.13. The fourth-order valence-electron chi connectivity index (χ4n) is 1.74. The Morgan fingerprint density at radius 2 is 1.95 bits per heavy atom. The van der Waals surface area contributed by atoms with Crippen molar-refractivity contribution in [2.75, 3.05) is 19.0 Å². The van der Waals surface area contributed by atoms with Crippen LogP contribution in [-0.4, -0.2) is 25.8 Å². The Bertz CT molecular complexity index is 657. The third-order valence-electron chi connectivity index (χ3n) is 2.83. The lowest BCUT2D eigenvalue weighted by atomic mass is 10.2. The number of nitrogens with one attached hydrogen (secondary N) is 2. The van der Waals surface area contributed by atoms with E-state index in [0.29, 0.717) is 5.75 Å². The molecule has 2 rings (SSSR count). The molecule has 0 fully saturated rings. The molecular weight excluding hydrogens is 346 g/mol. The lowest BCUT2D eigenvalue weighted by Crippen LogP contribution is -2.25. The van der Waals surface area contributed by atoms with Gasteiger partial charge in [0.05, 0.1) is 19.9 Å². The molecule has 0 aliphatic heterocycles. The van der Waals surface area contributed by atoms with Crippen molar-refractivity contribution < 1.29 is 9.53 Å². The number of ether oxygens (including phenoxy) is 1. The van der Waals surface area contributed by atoms with Crippen molar-refractivity contribution in [1.29, 1.82) is 0 Å². The number of methoxy groups -OCH3 is 1. The van der Waals surface area contributed by atoms with Gasteiger partial charge in [-0.2, -0.15) is 5.10 Å². The van der Waals surface area contributed by atoms with Crippen LogP contribution in [0.5, 0.6) is 5.75 Å². The third-order valence-corrected chi connectivity index (χ3v) is 3.36. The summed E-state index contributed by atoms with van der Waals surface area (Å²) in [5, 5.41) is 6.94. The molecule has 6 heteroatoms. The minimum Gasteiger partial charge on any atom is -0.496 e. The Balaban J connectivity index is 1.82. The van der Waals surface area contributed by atoms with Crippen LogP contribution in [0.15, 0.2) is 58.1 Å². The van der Waals surface area contributed by atoms with E-state index in [-0.39, 0.29) is 12.5 Å².